The van der Waals surface area contributed by atoms with E-state index < -0.39 is 4.92 Å². The molecule has 1 aromatic heterocycles. The number of carbonyl (C=O) groups is 1. The maximum absolute atomic E-state index is 12.4. The van der Waals surface area contributed by atoms with Gasteiger partial charge < -0.3 is 0 Å². The average molecular weight is 377 g/mol. The van der Waals surface area contributed by atoms with Crippen LogP contribution in [-0.2, 0) is 12.8 Å². The van der Waals surface area contributed by atoms with E-state index in [1.807, 2.05) is 18.2 Å². The number of thiophene rings is 1. The number of rotatable bonds is 4. The normalized spacial score (nSPS) is 12.4. The van der Waals surface area contributed by atoms with Crippen LogP contribution in [-0.4, -0.2) is 17.0 Å². The highest BCUT2D eigenvalue weighted by Crippen LogP contribution is 2.39. The van der Waals surface area contributed by atoms with Gasteiger partial charge in [0.25, 0.3) is 11.6 Å². The predicted octanol–water partition coefficient (Wildman–Crippen LogP) is 4.19. The molecule has 27 heavy (non-hydrogen) atoms. The second-order valence-electron chi connectivity index (χ2n) is 6.17. The van der Waals surface area contributed by atoms with Gasteiger partial charge in [0.1, 0.15) is 0 Å². The summed E-state index contributed by atoms with van der Waals surface area (Å²) in [5.74, 6) is -0.259. The summed E-state index contributed by atoms with van der Waals surface area (Å²) in [5.41, 5.74) is 6.92. The Bertz CT molecular complexity index is 1050. The van der Waals surface area contributed by atoms with Crippen molar-refractivity contribution in [2.75, 3.05) is 0 Å². The lowest BCUT2D eigenvalue weighted by molar-refractivity contribution is -0.384. The van der Waals surface area contributed by atoms with E-state index in [0.29, 0.717) is 10.4 Å². The van der Waals surface area contributed by atoms with Crippen LogP contribution in [0.5, 0.6) is 0 Å². The minimum Gasteiger partial charge on any atom is -0.266 e. The van der Waals surface area contributed by atoms with Crippen molar-refractivity contribution in [2.24, 2.45) is 5.10 Å². The molecule has 0 atom stereocenters. The van der Waals surface area contributed by atoms with Crippen molar-refractivity contribution in [3.8, 4) is 10.4 Å². The lowest BCUT2D eigenvalue weighted by atomic mass is 9.91. The van der Waals surface area contributed by atoms with Gasteiger partial charge in [0.05, 0.1) is 16.0 Å². The van der Waals surface area contributed by atoms with Gasteiger partial charge >= 0.3 is 0 Å². The van der Waals surface area contributed by atoms with E-state index in [1.54, 1.807) is 12.1 Å². The Morgan fingerprint density at radius 3 is 2.63 bits per heavy atom. The summed E-state index contributed by atoms with van der Waals surface area (Å²) in [4.78, 5) is 24.4. The molecule has 0 radical (unpaired) electrons. The molecule has 0 bridgehead atoms. The highest BCUT2D eigenvalue weighted by Gasteiger charge is 2.21. The fourth-order valence-corrected chi connectivity index (χ4v) is 4.25. The summed E-state index contributed by atoms with van der Waals surface area (Å²) in [6.07, 6.45) is 3.38. The van der Waals surface area contributed by atoms with Crippen LogP contribution in [0, 0.1) is 10.1 Å². The summed E-state index contributed by atoms with van der Waals surface area (Å²) in [6, 6.07) is 16.2. The Balaban J connectivity index is 1.47. The Hall–Kier alpha value is -3.32. The molecular weight excluding hydrogens is 362 g/mol. The molecule has 0 fully saturated rings. The van der Waals surface area contributed by atoms with Crippen molar-refractivity contribution in [2.45, 2.75) is 12.8 Å². The first-order chi connectivity index (χ1) is 13.1. The number of aryl methyl sites for hydroxylation is 2. The molecule has 0 spiro atoms. The quantitative estimate of drug-likeness (QED) is 0.420. The van der Waals surface area contributed by atoms with Gasteiger partial charge in [-0.3, -0.25) is 14.9 Å². The third-order valence-electron chi connectivity index (χ3n) is 4.44. The average Bonchev–Trinajstić information content (AvgIpc) is 3.13. The SMILES string of the molecule is O=C(N/N=C/c1ccc([N+](=O)[O-])cc1)c1cc2c(s1)-c1ccccc1CC2. The van der Waals surface area contributed by atoms with Gasteiger partial charge in [-0.1, -0.05) is 24.3 Å². The number of non-ortho nitro benzene ring substituents is 1. The van der Waals surface area contributed by atoms with Gasteiger partial charge in [-0.2, -0.15) is 5.10 Å². The van der Waals surface area contributed by atoms with Gasteiger partial charge in [-0.05, 0) is 53.3 Å². The van der Waals surface area contributed by atoms with E-state index in [9.17, 15) is 14.9 Å². The van der Waals surface area contributed by atoms with Crippen LogP contribution in [0.4, 0.5) is 5.69 Å². The van der Waals surface area contributed by atoms with Crippen molar-refractivity contribution < 1.29 is 9.72 Å². The molecule has 0 saturated heterocycles. The van der Waals surface area contributed by atoms with E-state index in [0.717, 1.165) is 17.7 Å². The minimum absolute atomic E-state index is 0.0145. The highest BCUT2D eigenvalue weighted by atomic mass is 32.1. The Kier molecular flexibility index (Phi) is 4.52. The first-order valence-electron chi connectivity index (χ1n) is 8.40. The van der Waals surface area contributed by atoms with Gasteiger partial charge in [-0.15, -0.1) is 11.3 Å². The molecule has 1 N–H and O–H groups in total. The first kappa shape index (κ1) is 17.1. The van der Waals surface area contributed by atoms with Crippen LogP contribution in [0.1, 0.15) is 26.4 Å². The largest absolute Gasteiger partial charge is 0.281 e. The number of hydrogen-bond donors (Lipinski definition) is 1. The van der Waals surface area contributed by atoms with Gasteiger partial charge in [0.15, 0.2) is 0 Å². The molecule has 1 aliphatic rings. The van der Waals surface area contributed by atoms with Gasteiger partial charge in [0, 0.05) is 17.0 Å². The Morgan fingerprint density at radius 1 is 1.11 bits per heavy atom. The van der Waals surface area contributed by atoms with Crippen molar-refractivity contribution >= 4 is 29.1 Å². The summed E-state index contributed by atoms with van der Waals surface area (Å²) in [7, 11) is 0. The van der Waals surface area contributed by atoms with Crippen molar-refractivity contribution in [3.05, 3.63) is 86.3 Å². The zero-order chi connectivity index (χ0) is 18.8. The van der Waals surface area contributed by atoms with Crippen LogP contribution >= 0.6 is 11.3 Å². The zero-order valence-electron chi connectivity index (χ0n) is 14.2. The fourth-order valence-electron chi connectivity index (χ4n) is 3.09. The molecular formula is C20H15N3O3S. The lowest BCUT2D eigenvalue weighted by Crippen LogP contribution is -2.16. The molecule has 1 aliphatic carbocycles. The molecule has 1 heterocycles. The van der Waals surface area contributed by atoms with Gasteiger partial charge in [-0.25, -0.2) is 5.43 Å². The van der Waals surface area contributed by atoms with E-state index in [1.165, 1.54) is 46.4 Å². The number of fused-ring (bicyclic) bond motifs is 3. The number of amides is 1. The summed E-state index contributed by atoms with van der Waals surface area (Å²) < 4.78 is 0. The fraction of sp³-hybridized carbons (Fsp3) is 0.100. The first-order valence-corrected chi connectivity index (χ1v) is 9.22. The second-order valence-corrected chi connectivity index (χ2v) is 7.22. The van der Waals surface area contributed by atoms with Crippen LogP contribution < -0.4 is 5.43 Å². The Labute approximate surface area is 159 Å². The minimum atomic E-state index is -0.459. The monoisotopic (exact) mass is 377 g/mol. The number of nitro benzene ring substituents is 1. The highest BCUT2D eigenvalue weighted by molar-refractivity contribution is 7.17. The zero-order valence-corrected chi connectivity index (χ0v) is 15.0. The number of benzene rings is 2. The number of hydrogen-bond acceptors (Lipinski definition) is 5. The topological polar surface area (TPSA) is 84.6 Å². The van der Waals surface area contributed by atoms with E-state index >= 15 is 0 Å². The number of hydrazone groups is 1. The molecule has 4 rings (SSSR count). The molecule has 2 aromatic carbocycles. The molecule has 7 heteroatoms. The number of nitrogens with one attached hydrogen (secondary N) is 1. The molecule has 1 amide bonds. The van der Waals surface area contributed by atoms with Crippen molar-refractivity contribution in [1.82, 2.24) is 5.43 Å². The molecule has 3 aromatic rings. The number of nitro groups is 1. The molecule has 0 aliphatic heterocycles. The van der Waals surface area contributed by atoms with Crippen molar-refractivity contribution in [3.63, 3.8) is 0 Å². The summed E-state index contributed by atoms with van der Waals surface area (Å²) >= 11 is 1.48. The summed E-state index contributed by atoms with van der Waals surface area (Å²) in [6.45, 7) is 0. The maximum Gasteiger partial charge on any atom is 0.281 e. The van der Waals surface area contributed by atoms with Gasteiger partial charge in [0.2, 0.25) is 0 Å². The summed E-state index contributed by atoms with van der Waals surface area (Å²) in [5, 5.41) is 14.6. The molecule has 0 saturated carbocycles. The van der Waals surface area contributed by atoms with Crippen molar-refractivity contribution in [1.29, 1.82) is 0 Å². The third kappa shape index (κ3) is 3.50. The standard InChI is InChI=1S/C20H15N3O3S/c24-20(22-21-12-13-5-9-16(10-6-13)23(25)26)18-11-15-8-7-14-3-1-2-4-17(14)19(15)27-18/h1-6,9-12H,7-8H2,(H,22,24)/b21-12+. The number of nitrogens with zero attached hydrogens (tertiary/aromatic N) is 2. The molecule has 134 valence electrons. The van der Waals surface area contributed by atoms with E-state index in [4.69, 9.17) is 0 Å². The lowest BCUT2D eigenvalue weighted by Gasteiger charge is -2.15. The van der Waals surface area contributed by atoms with Crippen LogP contribution in [0.25, 0.3) is 10.4 Å². The smallest absolute Gasteiger partial charge is 0.266 e. The molecule has 6 nitrogen and oxygen atoms in total. The molecule has 0 unspecified atom stereocenters. The predicted molar refractivity (Wildman–Crippen MR) is 105 cm³/mol. The third-order valence-corrected chi connectivity index (χ3v) is 5.65. The second kappa shape index (κ2) is 7.13. The van der Waals surface area contributed by atoms with E-state index in [2.05, 4.69) is 22.7 Å². The Morgan fingerprint density at radius 2 is 1.85 bits per heavy atom. The number of carbonyl (C=O) groups excluding carboxylic acids is 1. The van der Waals surface area contributed by atoms with Crippen LogP contribution in [0.2, 0.25) is 0 Å². The van der Waals surface area contributed by atoms with Crippen LogP contribution in [0.15, 0.2) is 59.7 Å². The van der Waals surface area contributed by atoms with E-state index in [-0.39, 0.29) is 11.6 Å². The maximum atomic E-state index is 12.4. The van der Waals surface area contributed by atoms with Crippen LogP contribution in [0.3, 0.4) is 0 Å².